The fourth-order valence-electron chi connectivity index (χ4n) is 4.66. The van der Waals surface area contributed by atoms with Gasteiger partial charge < -0.3 is 22.2 Å². The molecule has 5 heteroatoms. The summed E-state index contributed by atoms with van der Waals surface area (Å²) in [6.07, 6.45) is 13.4. The van der Waals surface area contributed by atoms with Gasteiger partial charge in [-0.1, -0.05) is 65.3 Å². The summed E-state index contributed by atoms with van der Waals surface area (Å²) < 4.78 is 2.11. The molecule has 0 aromatic heterocycles. The Morgan fingerprint density at radius 2 is 1.82 bits per heavy atom. The van der Waals surface area contributed by atoms with E-state index in [-0.39, 0.29) is 18.3 Å². The number of likely N-dealkylation sites (N-methyl/N-ethyl adjacent to an activating group) is 1. The Morgan fingerprint density at radius 3 is 2.48 bits per heavy atom. The van der Waals surface area contributed by atoms with Gasteiger partial charge in [-0.25, -0.2) is 0 Å². The molecule has 178 valence electrons. The second kappa shape index (κ2) is 13.7. The molecular weight excluding hydrogens is 496 g/mol. The summed E-state index contributed by atoms with van der Waals surface area (Å²) in [4.78, 5) is 12.1. The van der Waals surface area contributed by atoms with Crippen molar-refractivity contribution in [2.24, 2.45) is 0 Å². The van der Waals surface area contributed by atoms with E-state index >= 15 is 0 Å². The number of carbonyl (C=O) groups is 1. The molecule has 33 heavy (non-hydrogen) atoms. The van der Waals surface area contributed by atoms with Gasteiger partial charge in [0.15, 0.2) is 0 Å². The van der Waals surface area contributed by atoms with Gasteiger partial charge in [-0.05, 0) is 66.7 Å². The van der Waals surface area contributed by atoms with Crippen LogP contribution in [0.1, 0.15) is 48.8 Å². The van der Waals surface area contributed by atoms with Crippen LogP contribution in [0.15, 0.2) is 71.7 Å². The maximum absolute atomic E-state index is 12.1. The van der Waals surface area contributed by atoms with Crippen LogP contribution in [0, 0.1) is 0 Å². The van der Waals surface area contributed by atoms with E-state index in [1.165, 1.54) is 37.7 Å². The van der Waals surface area contributed by atoms with Gasteiger partial charge in [0.1, 0.15) is 0 Å². The van der Waals surface area contributed by atoms with Crippen molar-refractivity contribution in [3.05, 3.63) is 88.4 Å². The molecule has 1 atom stereocenters. The lowest BCUT2D eigenvalue weighted by Crippen LogP contribution is -3.00. The molecule has 0 aliphatic heterocycles. The van der Waals surface area contributed by atoms with Crippen LogP contribution in [-0.2, 0) is 17.8 Å². The van der Waals surface area contributed by atoms with Gasteiger partial charge in [0.2, 0.25) is 5.91 Å². The zero-order valence-corrected chi connectivity index (χ0v) is 22.0. The van der Waals surface area contributed by atoms with Crippen molar-refractivity contribution < 1.29 is 21.7 Å². The molecule has 0 radical (unpaired) electrons. The highest BCUT2D eigenvalue weighted by molar-refractivity contribution is 9.10. The largest absolute Gasteiger partial charge is 1.00 e. The first-order chi connectivity index (χ1) is 15.5. The highest BCUT2D eigenvalue weighted by Gasteiger charge is 2.32. The summed E-state index contributed by atoms with van der Waals surface area (Å²) in [7, 11) is 2.41. The molecule has 0 heterocycles. The monoisotopic (exact) mass is 530 g/mol. The summed E-state index contributed by atoms with van der Waals surface area (Å²) in [5, 5.41) is 2.97. The van der Waals surface area contributed by atoms with Crippen molar-refractivity contribution in [1.82, 2.24) is 5.32 Å². The number of carbonyl (C=O) groups excluding carboxylic acids is 1. The molecule has 1 unspecified atom stereocenters. The van der Waals surface area contributed by atoms with Gasteiger partial charge in [0.25, 0.3) is 0 Å². The summed E-state index contributed by atoms with van der Waals surface area (Å²) in [5.41, 5.74) is 3.47. The normalized spacial score (nSPS) is 16.1. The molecule has 0 spiro atoms. The third-order valence-electron chi connectivity index (χ3n) is 6.68. The first-order valence-corrected chi connectivity index (χ1v) is 12.5. The zero-order valence-electron chi connectivity index (χ0n) is 19.6. The van der Waals surface area contributed by atoms with Crippen LogP contribution < -0.4 is 17.7 Å². The molecule has 1 aliphatic carbocycles. The number of amides is 1. The molecule has 1 saturated carbocycles. The lowest BCUT2D eigenvalue weighted by atomic mass is 9.92. The van der Waals surface area contributed by atoms with E-state index in [2.05, 4.69) is 65.2 Å². The molecule has 3 nitrogen and oxygen atoms in total. The molecule has 0 bridgehead atoms. The van der Waals surface area contributed by atoms with Crippen molar-refractivity contribution in [2.75, 3.05) is 20.1 Å². The Kier molecular flexibility index (Phi) is 11.4. The van der Waals surface area contributed by atoms with Gasteiger partial charge in [0, 0.05) is 23.5 Å². The van der Waals surface area contributed by atoms with E-state index < -0.39 is 0 Å². The minimum Gasteiger partial charge on any atom is -1.00 e. The van der Waals surface area contributed by atoms with E-state index in [0.29, 0.717) is 6.54 Å². The van der Waals surface area contributed by atoms with Crippen LogP contribution in [0.5, 0.6) is 0 Å². The molecule has 1 aliphatic rings. The summed E-state index contributed by atoms with van der Waals surface area (Å²) in [6.45, 7) is 6.74. The molecule has 0 saturated heterocycles. The number of halogens is 2. The highest BCUT2D eigenvalue weighted by atomic mass is 79.9. The zero-order chi connectivity index (χ0) is 22.8. The standard InChI is InChI=1S/C28H35BrN2O.ClH/c1-3-19-31(2,27-10-5-4-6-11-27)20-18-23-12-14-25(15-13-23)22-30-28(32)17-16-24-8-7-9-26(29)21-24;/h3,7-9,12-17,21,27H,1,4-6,10-11,18-20,22H2,2H3;1H. The van der Waals surface area contributed by atoms with E-state index in [0.717, 1.165) is 45.6 Å². The van der Waals surface area contributed by atoms with Gasteiger partial charge in [-0.15, -0.1) is 0 Å². The second-order valence-corrected chi connectivity index (χ2v) is 10.1. The molecule has 3 rings (SSSR count). The number of hydrogen-bond donors (Lipinski definition) is 1. The van der Waals surface area contributed by atoms with Crippen LogP contribution in [-0.4, -0.2) is 36.6 Å². The van der Waals surface area contributed by atoms with E-state index in [1.807, 2.05) is 30.3 Å². The number of nitrogens with zero attached hydrogens (tertiary/aromatic N) is 1. The third-order valence-corrected chi connectivity index (χ3v) is 7.17. The predicted octanol–water partition coefficient (Wildman–Crippen LogP) is 3.29. The fourth-order valence-corrected chi connectivity index (χ4v) is 5.08. The average Bonchev–Trinajstić information content (AvgIpc) is 2.81. The summed E-state index contributed by atoms with van der Waals surface area (Å²) in [6, 6.07) is 17.3. The second-order valence-electron chi connectivity index (χ2n) is 9.14. The van der Waals surface area contributed by atoms with Gasteiger partial charge in [-0.3, -0.25) is 4.79 Å². The Morgan fingerprint density at radius 1 is 1.12 bits per heavy atom. The van der Waals surface area contributed by atoms with E-state index in [4.69, 9.17) is 0 Å². The van der Waals surface area contributed by atoms with Crippen molar-refractivity contribution in [2.45, 2.75) is 51.1 Å². The first-order valence-electron chi connectivity index (χ1n) is 11.7. The molecule has 1 fully saturated rings. The van der Waals surface area contributed by atoms with Crippen LogP contribution in [0.2, 0.25) is 0 Å². The Bertz CT molecular complexity index is 922. The van der Waals surface area contributed by atoms with Gasteiger partial charge >= 0.3 is 0 Å². The molecule has 1 N–H and O–H groups in total. The Balaban J connectivity index is 0.00000385. The van der Waals surface area contributed by atoms with Crippen molar-refractivity contribution in [3.8, 4) is 0 Å². The minimum absolute atomic E-state index is 0. The lowest BCUT2D eigenvalue weighted by Gasteiger charge is -2.43. The van der Waals surface area contributed by atoms with Gasteiger partial charge in [-0.2, -0.15) is 0 Å². The van der Waals surface area contributed by atoms with Crippen LogP contribution in [0.25, 0.3) is 6.08 Å². The molecule has 1 amide bonds. The quantitative estimate of drug-likeness (QED) is 0.285. The topological polar surface area (TPSA) is 29.1 Å². The Labute approximate surface area is 214 Å². The van der Waals surface area contributed by atoms with Crippen molar-refractivity contribution in [3.63, 3.8) is 0 Å². The van der Waals surface area contributed by atoms with E-state index in [9.17, 15) is 4.79 Å². The van der Waals surface area contributed by atoms with Crippen molar-refractivity contribution >= 4 is 27.9 Å². The number of nitrogens with one attached hydrogen (secondary N) is 1. The molecule has 2 aromatic carbocycles. The van der Waals surface area contributed by atoms with Crippen LogP contribution in [0.3, 0.4) is 0 Å². The third kappa shape index (κ3) is 8.77. The van der Waals surface area contributed by atoms with Crippen molar-refractivity contribution in [1.29, 1.82) is 0 Å². The van der Waals surface area contributed by atoms with E-state index in [1.54, 1.807) is 6.08 Å². The van der Waals surface area contributed by atoms with Gasteiger partial charge in [0.05, 0.1) is 26.2 Å². The first kappa shape index (κ1) is 27.4. The number of quaternary nitrogens is 1. The predicted molar refractivity (Wildman–Crippen MR) is 138 cm³/mol. The van der Waals surface area contributed by atoms with Crippen LogP contribution in [0.4, 0.5) is 0 Å². The number of benzene rings is 2. The maximum Gasteiger partial charge on any atom is 0.244 e. The molecular formula is C28H36BrClN2O. The van der Waals surface area contributed by atoms with Crippen LogP contribution >= 0.6 is 15.9 Å². The Hall–Kier alpha value is -1.88. The highest BCUT2D eigenvalue weighted by Crippen LogP contribution is 2.27. The summed E-state index contributed by atoms with van der Waals surface area (Å²) in [5.74, 6) is -0.0842. The lowest BCUT2D eigenvalue weighted by molar-refractivity contribution is -0.929. The minimum atomic E-state index is -0.0842. The fraction of sp³-hybridized carbons (Fsp3) is 0.393. The number of rotatable bonds is 10. The smallest absolute Gasteiger partial charge is 0.244 e. The summed E-state index contributed by atoms with van der Waals surface area (Å²) >= 11 is 3.45. The SMILES string of the molecule is C=CC[N+](C)(CCc1ccc(CNC(=O)C=Cc2cccc(Br)c2)cc1)C1CCCCC1.[Cl-]. The maximum atomic E-state index is 12.1. The average molecular weight is 532 g/mol. The molecule has 2 aromatic rings. The number of hydrogen-bond acceptors (Lipinski definition) is 1.